The van der Waals surface area contributed by atoms with Crippen molar-refractivity contribution < 1.29 is 0 Å². The van der Waals surface area contributed by atoms with Crippen LogP contribution in [-0.4, -0.2) is 7.05 Å². The monoisotopic (exact) mass is 145 g/mol. The Morgan fingerprint density at radius 1 is 1.30 bits per heavy atom. The van der Waals surface area contributed by atoms with Crippen molar-refractivity contribution >= 4 is 0 Å². The Kier molecular flexibility index (Phi) is 38.2. The van der Waals surface area contributed by atoms with Crippen LogP contribution in [-0.2, 0) is 0 Å². The summed E-state index contributed by atoms with van der Waals surface area (Å²) in [7, 11) is 1.50. The molecule has 0 amide bonds. The third-order valence-corrected chi connectivity index (χ3v) is 0.471. The smallest absolute Gasteiger partial charge is 0.0195 e. The maximum Gasteiger partial charge on any atom is -0.0195 e. The van der Waals surface area contributed by atoms with E-state index in [1.165, 1.54) is 13.5 Å². The Labute approximate surface area is 66.3 Å². The summed E-state index contributed by atoms with van der Waals surface area (Å²) in [5, 5.41) is 0. The lowest BCUT2D eigenvalue weighted by Gasteiger charge is -1.84. The third-order valence-electron chi connectivity index (χ3n) is 0.471. The van der Waals surface area contributed by atoms with Crippen LogP contribution >= 0.6 is 0 Å². The van der Waals surface area contributed by atoms with E-state index < -0.39 is 0 Å². The average molecular weight is 145 g/mol. The van der Waals surface area contributed by atoms with Crippen molar-refractivity contribution in [3.05, 3.63) is 12.7 Å². The summed E-state index contributed by atoms with van der Waals surface area (Å²) in [6.45, 7) is 12.0. The van der Waals surface area contributed by atoms with Crippen molar-refractivity contribution in [1.82, 2.24) is 0 Å². The van der Waals surface area contributed by atoms with E-state index in [4.69, 9.17) is 0 Å². The minimum absolute atomic E-state index is 0.648. The molecule has 0 aliphatic rings. The molecule has 0 spiro atoms. The molecule has 10 heavy (non-hydrogen) atoms. The molecule has 0 atom stereocenters. The van der Waals surface area contributed by atoms with E-state index in [0.29, 0.717) is 5.92 Å². The number of rotatable bonds is 1. The average Bonchev–Trinajstić information content (AvgIpc) is 1.94. The molecule has 0 aliphatic heterocycles. The summed E-state index contributed by atoms with van der Waals surface area (Å²) in [5.41, 5.74) is 4.50. The van der Waals surface area contributed by atoms with Gasteiger partial charge in [-0.25, -0.2) is 0 Å². The number of hydrogen-bond donors (Lipinski definition) is 1. The molecule has 0 radical (unpaired) electrons. The van der Waals surface area contributed by atoms with E-state index in [9.17, 15) is 0 Å². The molecule has 64 valence electrons. The van der Waals surface area contributed by atoms with Gasteiger partial charge in [-0.2, -0.15) is 0 Å². The molecule has 0 aromatic heterocycles. The first kappa shape index (κ1) is 16.4. The highest BCUT2D eigenvalue weighted by Crippen LogP contribution is 1.87. The topological polar surface area (TPSA) is 26.0 Å². The molecule has 0 aliphatic carbocycles. The van der Waals surface area contributed by atoms with Crippen LogP contribution in [0.3, 0.4) is 0 Å². The molecule has 0 aromatic rings. The highest BCUT2D eigenvalue weighted by atomic mass is 14.4. The second-order valence-corrected chi connectivity index (χ2v) is 2.19. The Hall–Kier alpha value is -0.300. The fourth-order valence-corrected chi connectivity index (χ4v) is 0. The number of hydrogen-bond acceptors (Lipinski definition) is 1. The van der Waals surface area contributed by atoms with Gasteiger partial charge in [0.1, 0.15) is 0 Å². The van der Waals surface area contributed by atoms with Crippen molar-refractivity contribution in [2.24, 2.45) is 11.7 Å². The fourth-order valence-electron chi connectivity index (χ4n) is 0. The van der Waals surface area contributed by atoms with E-state index in [2.05, 4.69) is 40.0 Å². The minimum Gasteiger partial charge on any atom is -0.333 e. The van der Waals surface area contributed by atoms with Crippen LogP contribution in [0.1, 0.15) is 34.1 Å². The predicted molar refractivity (Wildman–Crippen MR) is 51.1 cm³/mol. The maximum absolute atomic E-state index is 4.50. The number of nitrogens with two attached hydrogens (primary N) is 1. The van der Waals surface area contributed by atoms with Gasteiger partial charge < -0.3 is 5.73 Å². The van der Waals surface area contributed by atoms with E-state index in [1.54, 1.807) is 0 Å². The van der Waals surface area contributed by atoms with Crippen molar-refractivity contribution in [2.45, 2.75) is 34.1 Å². The zero-order valence-corrected chi connectivity index (χ0v) is 8.15. The first-order chi connectivity index (χ1) is 4.68. The van der Waals surface area contributed by atoms with Crippen LogP contribution < -0.4 is 5.73 Å². The van der Waals surface area contributed by atoms with E-state index in [0.717, 1.165) is 0 Å². The van der Waals surface area contributed by atoms with Crippen molar-refractivity contribution in [3.63, 3.8) is 0 Å². The van der Waals surface area contributed by atoms with Crippen LogP contribution in [0.2, 0.25) is 0 Å². The Bertz CT molecular complexity index is 40.0. The van der Waals surface area contributed by atoms with E-state index in [1.807, 2.05) is 6.08 Å². The second kappa shape index (κ2) is 23.4. The normalized spacial score (nSPS) is 6.70. The first-order valence-electron chi connectivity index (χ1n) is 3.89. The molecule has 1 nitrogen and oxygen atoms in total. The van der Waals surface area contributed by atoms with Gasteiger partial charge in [-0.1, -0.05) is 40.2 Å². The standard InChI is InChI=1S/C5H10.C3H8.CH5N/c1-4-5(2)3;1-3-2;1-2/h4-5H,1H2,2-3H3;3H2,1-2H3;2H2,1H3. The van der Waals surface area contributed by atoms with Gasteiger partial charge in [0, 0.05) is 0 Å². The van der Waals surface area contributed by atoms with Gasteiger partial charge in [0.05, 0.1) is 0 Å². The SMILES string of the molecule is C=CC(C)C.CCC.CN. The number of allylic oxidation sites excluding steroid dienone is 1. The fraction of sp³-hybridized carbons (Fsp3) is 0.778. The second-order valence-electron chi connectivity index (χ2n) is 2.19. The zero-order valence-electron chi connectivity index (χ0n) is 8.15. The van der Waals surface area contributed by atoms with Gasteiger partial charge in [-0.3, -0.25) is 0 Å². The lowest BCUT2D eigenvalue weighted by atomic mass is 10.2. The molecular weight excluding hydrogens is 122 g/mol. The molecular formula is C9H23N. The van der Waals surface area contributed by atoms with Gasteiger partial charge in [0.15, 0.2) is 0 Å². The summed E-state index contributed by atoms with van der Waals surface area (Å²) in [4.78, 5) is 0. The van der Waals surface area contributed by atoms with Crippen LogP contribution in [0.4, 0.5) is 0 Å². The summed E-state index contributed by atoms with van der Waals surface area (Å²) in [6, 6.07) is 0. The van der Waals surface area contributed by atoms with Crippen LogP contribution in [0.15, 0.2) is 12.7 Å². The molecule has 0 fully saturated rings. The Morgan fingerprint density at radius 2 is 1.40 bits per heavy atom. The molecule has 0 saturated carbocycles. The predicted octanol–water partition coefficient (Wildman–Crippen LogP) is 2.82. The summed E-state index contributed by atoms with van der Waals surface area (Å²) in [6.07, 6.45) is 3.17. The van der Waals surface area contributed by atoms with Crippen molar-refractivity contribution in [3.8, 4) is 0 Å². The summed E-state index contributed by atoms with van der Waals surface area (Å²) in [5.74, 6) is 0.648. The molecule has 0 aromatic carbocycles. The van der Waals surface area contributed by atoms with Gasteiger partial charge in [-0.15, -0.1) is 6.58 Å². The van der Waals surface area contributed by atoms with Gasteiger partial charge in [-0.05, 0) is 13.0 Å². The molecule has 2 N–H and O–H groups in total. The highest BCUT2D eigenvalue weighted by Gasteiger charge is 1.73. The van der Waals surface area contributed by atoms with E-state index in [-0.39, 0.29) is 0 Å². The van der Waals surface area contributed by atoms with Crippen molar-refractivity contribution in [2.75, 3.05) is 7.05 Å². The molecule has 1 heteroatoms. The van der Waals surface area contributed by atoms with Gasteiger partial charge in [0.25, 0.3) is 0 Å². The van der Waals surface area contributed by atoms with Gasteiger partial charge in [0.2, 0.25) is 0 Å². The lowest BCUT2D eigenvalue weighted by Crippen LogP contribution is -1.71. The molecule has 0 rings (SSSR count). The molecule has 0 heterocycles. The third kappa shape index (κ3) is 120. The molecule has 0 saturated heterocycles. The van der Waals surface area contributed by atoms with Gasteiger partial charge >= 0.3 is 0 Å². The maximum atomic E-state index is 4.50. The zero-order chi connectivity index (χ0) is 8.99. The lowest BCUT2D eigenvalue weighted by molar-refractivity contribution is 0.835. The van der Waals surface area contributed by atoms with Crippen molar-refractivity contribution in [1.29, 1.82) is 0 Å². The van der Waals surface area contributed by atoms with Crippen LogP contribution in [0.5, 0.6) is 0 Å². The minimum atomic E-state index is 0.648. The molecule has 0 unspecified atom stereocenters. The summed E-state index contributed by atoms with van der Waals surface area (Å²) >= 11 is 0. The quantitative estimate of drug-likeness (QED) is 0.564. The van der Waals surface area contributed by atoms with Crippen LogP contribution in [0.25, 0.3) is 0 Å². The largest absolute Gasteiger partial charge is 0.333 e. The van der Waals surface area contributed by atoms with Crippen LogP contribution in [0, 0.1) is 5.92 Å². The summed E-state index contributed by atoms with van der Waals surface area (Å²) < 4.78 is 0. The Balaban J connectivity index is -0.0000000847. The highest BCUT2D eigenvalue weighted by molar-refractivity contribution is 4.69. The molecule has 0 bridgehead atoms. The van der Waals surface area contributed by atoms with E-state index >= 15 is 0 Å². The first-order valence-corrected chi connectivity index (χ1v) is 3.89. The Morgan fingerprint density at radius 3 is 1.40 bits per heavy atom.